The Bertz CT molecular complexity index is 1100. The number of amides is 1. The van der Waals surface area contributed by atoms with E-state index in [0.29, 0.717) is 17.2 Å². The number of rotatable bonds is 5. The predicted molar refractivity (Wildman–Crippen MR) is 104 cm³/mol. The smallest absolute Gasteiger partial charge is 0.300 e. The van der Waals surface area contributed by atoms with Gasteiger partial charge in [0.05, 0.1) is 0 Å². The number of fused-ring (bicyclic) bond motifs is 1. The number of carbonyl (C=O) groups excluding carboxylic acids is 1. The van der Waals surface area contributed by atoms with Crippen LogP contribution in [-0.4, -0.2) is 25.2 Å². The third-order valence-corrected chi connectivity index (χ3v) is 5.67. The molecule has 3 heterocycles. The first-order chi connectivity index (χ1) is 14.0. The minimum atomic E-state index is -0.629. The first-order valence-corrected chi connectivity index (χ1v) is 10.2. The van der Waals surface area contributed by atoms with E-state index in [1.165, 1.54) is 34.3 Å². The van der Waals surface area contributed by atoms with Crippen molar-refractivity contribution in [1.29, 1.82) is 0 Å². The molecule has 0 radical (unpaired) electrons. The number of aryl methyl sites for hydroxylation is 1. The van der Waals surface area contributed by atoms with Gasteiger partial charge >= 0.3 is 5.69 Å². The third-order valence-electron chi connectivity index (χ3n) is 4.75. The Morgan fingerprint density at radius 1 is 1.24 bits per heavy atom. The summed E-state index contributed by atoms with van der Waals surface area (Å²) >= 11 is 1.20. The summed E-state index contributed by atoms with van der Waals surface area (Å²) in [4.78, 5) is 29.6. The molecule has 0 atom stereocenters. The van der Waals surface area contributed by atoms with Gasteiger partial charge in [0.15, 0.2) is 5.13 Å². The fourth-order valence-electron chi connectivity index (χ4n) is 3.32. The molecule has 1 N–H and O–H groups in total. The number of nitrogens with zero attached hydrogens (tertiary/aromatic N) is 4. The summed E-state index contributed by atoms with van der Waals surface area (Å²) in [6.07, 6.45) is 5.50. The summed E-state index contributed by atoms with van der Waals surface area (Å²) in [5.41, 5.74) is 0.0719. The second-order valence-corrected chi connectivity index (χ2v) is 8.03. The van der Waals surface area contributed by atoms with Crippen molar-refractivity contribution < 1.29 is 13.6 Å². The Morgan fingerprint density at radius 3 is 2.93 bits per heavy atom. The highest BCUT2D eigenvalue weighted by Crippen LogP contribution is 2.22. The summed E-state index contributed by atoms with van der Waals surface area (Å²) in [5, 5.41) is 7.28. The van der Waals surface area contributed by atoms with Crippen molar-refractivity contribution in [1.82, 2.24) is 19.3 Å². The number of nitrogens with one attached hydrogen (secondary N) is 1. The molecule has 2 aromatic heterocycles. The maximum absolute atomic E-state index is 13.8. The average Bonchev–Trinajstić information content (AvgIpc) is 3.13. The number of hydrogen-bond acceptors (Lipinski definition) is 5. The molecule has 0 spiro atoms. The molecule has 10 heteroatoms. The monoisotopic (exact) mass is 419 g/mol. The van der Waals surface area contributed by atoms with Crippen LogP contribution < -0.4 is 11.0 Å². The van der Waals surface area contributed by atoms with Crippen LogP contribution in [-0.2, 0) is 30.7 Å². The summed E-state index contributed by atoms with van der Waals surface area (Å²) in [6.45, 7) is 0.436. The van der Waals surface area contributed by atoms with Crippen molar-refractivity contribution >= 4 is 22.4 Å². The molecule has 4 rings (SSSR count). The zero-order valence-corrected chi connectivity index (χ0v) is 16.3. The van der Waals surface area contributed by atoms with Gasteiger partial charge in [0.25, 0.3) is 0 Å². The van der Waals surface area contributed by atoms with Crippen LogP contribution in [0.3, 0.4) is 0 Å². The lowest BCUT2D eigenvalue weighted by molar-refractivity contribution is -0.117. The van der Waals surface area contributed by atoms with Gasteiger partial charge in [0.2, 0.25) is 5.91 Å². The quantitative estimate of drug-likeness (QED) is 0.690. The Kier molecular flexibility index (Phi) is 5.52. The van der Waals surface area contributed by atoms with E-state index in [1.54, 1.807) is 4.57 Å². The highest BCUT2D eigenvalue weighted by Gasteiger charge is 2.18. The number of aromatic nitrogens is 4. The third kappa shape index (κ3) is 4.42. The van der Waals surface area contributed by atoms with Crippen LogP contribution in [0.4, 0.5) is 13.9 Å². The molecular weight excluding hydrogens is 400 g/mol. The molecule has 0 unspecified atom stereocenters. The molecule has 0 fully saturated rings. The summed E-state index contributed by atoms with van der Waals surface area (Å²) < 4.78 is 29.6. The zero-order valence-electron chi connectivity index (χ0n) is 15.5. The molecule has 29 heavy (non-hydrogen) atoms. The number of benzene rings is 1. The fraction of sp³-hybridized carbons (Fsp3) is 0.368. The molecule has 7 nitrogen and oxygen atoms in total. The summed E-state index contributed by atoms with van der Waals surface area (Å²) in [7, 11) is 0. The van der Waals surface area contributed by atoms with E-state index < -0.39 is 17.5 Å². The van der Waals surface area contributed by atoms with Crippen molar-refractivity contribution in [2.24, 2.45) is 0 Å². The van der Waals surface area contributed by atoms with Gasteiger partial charge in [-0.3, -0.25) is 9.36 Å². The van der Waals surface area contributed by atoms with Gasteiger partial charge in [0.1, 0.15) is 24.0 Å². The second kappa shape index (κ2) is 8.24. The molecule has 0 bridgehead atoms. The van der Waals surface area contributed by atoms with Crippen molar-refractivity contribution in [3.8, 4) is 0 Å². The summed E-state index contributed by atoms with van der Waals surface area (Å²) in [5.74, 6) is -0.939. The highest BCUT2D eigenvalue weighted by atomic mass is 32.1. The predicted octanol–water partition coefficient (Wildman–Crippen LogP) is 2.74. The Balaban J connectivity index is 1.40. The number of hydrogen-bond donors (Lipinski definition) is 1. The van der Waals surface area contributed by atoms with Crippen molar-refractivity contribution in [2.45, 2.75) is 45.2 Å². The molecule has 1 amide bonds. The molecule has 1 aliphatic rings. The van der Waals surface area contributed by atoms with Crippen LogP contribution in [0.15, 0.2) is 29.2 Å². The summed E-state index contributed by atoms with van der Waals surface area (Å²) in [6, 6.07) is 3.42. The van der Waals surface area contributed by atoms with Crippen molar-refractivity contribution in [2.75, 3.05) is 5.32 Å². The Morgan fingerprint density at radius 2 is 2.10 bits per heavy atom. The Hall–Kier alpha value is -2.88. The van der Waals surface area contributed by atoms with Gasteiger partial charge in [-0.25, -0.2) is 23.2 Å². The molecule has 1 aliphatic heterocycles. The first kappa shape index (κ1) is 19.4. The topological polar surface area (TPSA) is 81.8 Å². The van der Waals surface area contributed by atoms with Gasteiger partial charge in [-0.2, -0.15) is 5.10 Å². The number of thiazole rings is 1. The van der Waals surface area contributed by atoms with Crippen molar-refractivity contribution in [3.05, 3.63) is 62.8 Å². The van der Waals surface area contributed by atoms with Crippen molar-refractivity contribution in [3.63, 3.8) is 0 Å². The molecule has 0 aliphatic carbocycles. The van der Waals surface area contributed by atoms with E-state index in [2.05, 4.69) is 15.4 Å². The van der Waals surface area contributed by atoms with Crippen LogP contribution in [0.1, 0.15) is 35.5 Å². The zero-order chi connectivity index (χ0) is 20.4. The van der Waals surface area contributed by atoms with E-state index in [4.69, 9.17) is 0 Å². The second-order valence-electron chi connectivity index (χ2n) is 6.91. The lowest BCUT2D eigenvalue weighted by Gasteiger charge is -2.02. The van der Waals surface area contributed by atoms with Gasteiger partial charge < -0.3 is 5.32 Å². The maximum Gasteiger partial charge on any atom is 0.346 e. The molecule has 152 valence electrons. The number of carbonyl (C=O) groups is 1. The average molecular weight is 419 g/mol. The van der Waals surface area contributed by atoms with Crippen LogP contribution in [0.2, 0.25) is 0 Å². The van der Waals surface area contributed by atoms with Crippen LogP contribution in [0, 0.1) is 11.6 Å². The minimum absolute atomic E-state index is 0.194. The van der Waals surface area contributed by atoms with Gasteiger partial charge in [0, 0.05) is 36.5 Å². The standard InChI is InChI=1S/C19H19F2N5O2S/c20-13-6-5-12(15(21)9-13)8-14-10-22-18(29-14)23-17(27)11-26-19(28)25-7-3-1-2-4-16(25)24-26/h5-6,9-10H,1-4,7-8,11H2,(H,22,23,27). The van der Waals surface area contributed by atoms with Crippen LogP contribution in [0.25, 0.3) is 0 Å². The normalized spacial score (nSPS) is 13.7. The number of halogens is 2. The van der Waals surface area contributed by atoms with E-state index in [9.17, 15) is 18.4 Å². The highest BCUT2D eigenvalue weighted by molar-refractivity contribution is 7.15. The lowest BCUT2D eigenvalue weighted by Crippen LogP contribution is -2.30. The lowest BCUT2D eigenvalue weighted by atomic mass is 10.1. The Labute approximate surface area is 169 Å². The molecule has 1 aromatic carbocycles. The van der Waals surface area contributed by atoms with Crippen LogP contribution in [0.5, 0.6) is 0 Å². The van der Waals surface area contributed by atoms with E-state index >= 15 is 0 Å². The SMILES string of the molecule is O=C(Cn1nc2n(c1=O)CCCCC2)Nc1ncc(Cc2ccc(F)cc2F)s1. The number of anilines is 1. The fourth-order valence-corrected chi connectivity index (χ4v) is 4.17. The van der Waals surface area contributed by atoms with E-state index in [0.717, 1.165) is 42.5 Å². The van der Waals surface area contributed by atoms with Crippen LogP contribution >= 0.6 is 11.3 Å². The molecule has 3 aromatic rings. The van der Waals surface area contributed by atoms with Gasteiger partial charge in [-0.15, -0.1) is 11.3 Å². The molecule has 0 saturated heterocycles. The van der Waals surface area contributed by atoms with E-state index in [-0.39, 0.29) is 18.7 Å². The van der Waals surface area contributed by atoms with E-state index in [1.807, 2.05) is 0 Å². The minimum Gasteiger partial charge on any atom is -0.300 e. The maximum atomic E-state index is 13.8. The molecular formula is C19H19F2N5O2S. The van der Waals surface area contributed by atoms with Gasteiger partial charge in [-0.05, 0) is 24.5 Å². The largest absolute Gasteiger partial charge is 0.346 e. The first-order valence-electron chi connectivity index (χ1n) is 9.34. The van der Waals surface area contributed by atoms with Gasteiger partial charge in [-0.1, -0.05) is 12.5 Å². The molecule has 0 saturated carbocycles.